The molecule has 2 rings (SSSR count). The fourth-order valence-electron chi connectivity index (χ4n) is 1.73. The molecule has 1 aliphatic rings. The van der Waals surface area contributed by atoms with Gasteiger partial charge in [-0.2, -0.15) is 0 Å². The number of amides is 1. The first-order chi connectivity index (χ1) is 8.87. The molecule has 1 amide bonds. The molecule has 0 aromatic carbocycles. The van der Waals surface area contributed by atoms with Gasteiger partial charge < -0.3 is 10.0 Å². The van der Waals surface area contributed by atoms with Crippen LogP contribution in [-0.2, 0) is 4.79 Å². The van der Waals surface area contributed by atoms with Crippen molar-refractivity contribution in [3.63, 3.8) is 0 Å². The Balaban J connectivity index is 1.84. The monoisotopic (exact) mass is 285 g/mol. The van der Waals surface area contributed by atoms with Crippen molar-refractivity contribution in [2.75, 3.05) is 19.3 Å². The molecule has 1 N–H and O–H groups in total. The number of aliphatic hydroxyl groups is 1. The van der Waals surface area contributed by atoms with Crippen molar-refractivity contribution in [1.82, 2.24) is 25.1 Å². The lowest BCUT2D eigenvalue weighted by atomic mass is 10.1. The molecule has 0 saturated heterocycles. The SMILES string of the molecule is CN(CC(C)(C)O)C(=O)CSc1nnnn1C1CC1. The summed E-state index contributed by atoms with van der Waals surface area (Å²) in [4.78, 5) is 13.5. The number of nitrogens with zero attached hydrogens (tertiary/aromatic N) is 5. The molecular formula is C11H19N5O2S. The second-order valence-corrected chi connectivity index (χ2v) is 6.43. The molecule has 106 valence electrons. The van der Waals surface area contributed by atoms with Crippen LogP contribution in [0.25, 0.3) is 0 Å². The van der Waals surface area contributed by atoms with Crippen LogP contribution in [0.2, 0.25) is 0 Å². The number of carbonyl (C=O) groups is 1. The molecular weight excluding hydrogens is 266 g/mol. The molecule has 0 spiro atoms. The molecule has 0 atom stereocenters. The summed E-state index contributed by atoms with van der Waals surface area (Å²) in [6.45, 7) is 3.66. The summed E-state index contributed by atoms with van der Waals surface area (Å²) in [6.07, 6.45) is 2.20. The molecule has 1 fully saturated rings. The Morgan fingerprint density at radius 1 is 1.58 bits per heavy atom. The van der Waals surface area contributed by atoms with E-state index in [1.165, 1.54) is 16.7 Å². The Morgan fingerprint density at radius 3 is 2.84 bits per heavy atom. The summed E-state index contributed by atoms with van der Waals surface area (Å²) < 4.78 is 1.79. The van der Waals surface area contributed by atoms with Crippen molar-refractivity contribution in [2.45, 2.75) is 43.5 Å². The highest BCUT2D eigenvalue weighted by molar-refractivity contribution is 7.99. The second-order valence-electron chi connectivity index (χ2n) is 5.49. The van der Waals surface area contributed by atoms with Gasteiger partial charge in [0.2, 0.25) is 11.1 Å². The third-order valence-corrected chi connectivity index (χ3v) is 3.65. The van der Waals surface area contributed by atoms with E-state index >= 15 is 0 Å². The van der Waals surface area contributed by atoms with Crippen LogP contribution in [0.4, 0.5) is 0 Å². The van der Waals surface area contributed by atoms with E-state index in [9.17, 15) is 9.90 Å². The smallest absolute Gasteiger partial charge is 0.232 e. The molecule has 1 heterocycles. The lowest BCUT2D eigenvalue weighted by molar-refractivity contribution is -0.129. The van der Waals surface area contributed by atoms with Crippen molar-refractivity contribution in [3.05, 3.63) is 0 Å². The molecule has 1 aliphatic carbocycles. The standard InChI is InChI=1S/C11H19N5O2S/c1-11(2,18)7-15(3)9(17)6-19-10-12-13-14-16(10)8-4-5-8/h8,18H,4-7H2,1-3H3. The predicted octanol–water partition coefficient (Wildman–Crippen LogP) is 0.329. The Bertz CT molecular complexity index is 452. The minimum atomic E-state index is -0.884. The third kappa shape index (κ3) is 4.17. The summed E-state index contributed by atoms with van der Waals surface area (Å²) in [5.74, 6) is 0.233. The molecule has 0 radical (unpaired) electrons. The summed E-state index contributed by atoms with van der Waals surface area (Å²) in [7, 11) is 1.69. The number of aromatic nitrogens is 4. The fraction of sp³-hybridized carbons (Fsp3) is 0.818. The minimum absolute atomic E-state index is 0.0440. The number of likely N-dealkylation sites (N-methyl/N-ethyl adjacent to an activating group) is 1. The quantitative estimate of drug-likeness (QED) is 0.758. The topological polar surface area (TPSA) is 84.1 Å². The van der Waals surface area contributed by atoms with Crippen LogP contribution in [0, 0.1) is 0 Å². The van der Waals surface area contributed by atoms with Gasteiger partial charge in [0.25, 0.3) is 0 Å². The van der Waals surface area contributed by atoms with E-state index in [0.717, 1.165) is 12.8 Å². The number of thioether (sulfide) groups is 1. The van der Waals surface area contributed by atoms with Crippen molar-refractivity contribution >= 4 is 17.7 Å². The molecule has 1 saturated carbocycles. The molecule has 0 unspecified atom stereocenters. The molecule has 7 nitrogen and oxygen atoms in total. The first kappa shape index (κ1) is 14.3. The number of tetrazole rings is 1. The number of carbonyl (C=O) groups excluding carboxylic acids is 1. The zero-order valence-electron chi connectivity index (χ0n) is 11.4. The first-order valence-electron chi connectivity index (χ1n) is 6.24. The summed E-state index contributed by atoms with van der Waals surface area (Å²) in [5, 5.41) is 21.9. The highest BCUT2D eigenvalue weighted by Crippen LogP contribution is 2.36. The molecule has 0 bridgehead atoms. The van der Waals surface area contributed by atoms with Crippen molar-refractivity contribution in [1.29, 1.82) is 0 Å². The second kappa shape index (κ2) is 5.46. The molecule has 19 heavy (non-hydrogen) atoms. The normalized spacial score (nSPS) is 15.6. The first-order valence-corrected chi connectivity index (χ1v) is 7.22. The minimum Gasteiger partial charge on any atom is -0.389 e. The average Bonchev–Trinajstić information content (AvgIpc) is 3.03. The van der Waals surface area contributed by atoms with Crippen LogP contribution in [-0.4, -0.2) is 61.1 Å². The fourth-order valence-corrected chi connectivity index (χ4v) is 2.62. The van der Waals surface area contributed by atoms with Gasteiger partial charge in [-0.15, -0.1) is 5.10 Å². The van der Waals surface area contributed by atoms with Gasteiger partial charge in [0.05, 0.1) is 17.4 Å². The summed E-state index contributed by atoms with van der Waals surface area (Å²) >= 11 is 1.34. The van der Waals surface area contributed by atoms with E-state index in [1.54, 1.807) is 25.6 Å². The van der Waals surface area contributed by atoms with E-state index in [0.29, 0.717) is 17.7 Å². The maximum atomic E-state index is 11.9. The van der Waals surface area contributed by atoms with Gasteiger partial charge in [-0.1, -0.05) is 11.8 Å². The lowest BCUT2D eigenvalue weighted by Crippen LogP contribution is -2.40. The van der Waals surface area contributed by atoms with Crippen LogP contribution >= 0.6 is 11.8 Å². The van der Waals surface area contributed by atoms with Crippen LogP contribution in [0.15, 0.2) is 5.16 Å². The van der Waals surface area contributed by atoms with E-state index < -0.39 is 5.60 Å². The van der Waals surface area contributed by atoms with Crippen LogP contribution in [0.3, 0.4) is 0 Å². The molecule has 1 aromatic heterocycles. The van der Waals surface area contributed by atoms with Crippen LogP contribution in [0.5, 0.6) is 0 Å². The largest absolute Gasteiger partial charge is 0.389 e. The van der Waals surface area contributed by atoms with Gasteiger partial charge in [-0.05, 0) is 37.1 Å². The highest BCUT2D eigenvalue weighted by Gasteiger charge is 2.28. The van der Waals surface area contributed by atoms with Crippen molar-refractivity contribution in [3.8, 4) is 0 Å². The Hall–Kier alpha value is -1.15. The van der Waals surface area contributed by atoms with Crippen molar-refractivity contribution < 1.29 is 9.90 Å². The Kier molecular flexibility index (Phi) is 4.10. The van der Waals surface area contributed by atoms with E-state index in [4.69, 9.17) is 0 Å². The Morgan fingerprint density at radius 2 is 2.26 bits per heavy atom. The summed E-state index contributed by atoms with van der Waals surface area (Å²) in [5.41, 5.74) is -0.884. The molecule has 8 heteroatoms. The van der Waals surface area contributed by atoms with Gasteiger partial charge >= 0.3 is 0 Å². The summed E-state index contributed by atoms with van der Waals surface area (Å²) in [6, 6.07) is 0.404. The lowest BCUT2D eigenvalue weighted by Gasteiger charge is -2.25. The van der Waals surface area contributed by atoms with Crippen LogP contribution < -0.4 is 0 Å². The van der Waals surface area contributed by atoms with E-state index in [2.05, 4.69) is 15.5 Å². The zero-order valence-corrected chi connectivity index (χ0v) is 12.2. The maximum Gasteiger partial charge on any atom is 0.232 e. The number of hydrogen-bond acceptors (Lipinski definition) is 6. The van der Waals surface area contributed by atoms with Gasteiger partial charge in [0, 0.05) is 13.6 Å². The van der Waals surface area contributed by atoms with E-state index in [1.807, 2.05) is 0 Å². The van der Waals surface area contributed by atoms with Crippen LogP contribution in [0.1, 0.15) is 32.7 Å². The van der Waals surface area contributed by atoms with Gasteiger partial charge in [0.15, 0.2) is 0 Å². The predicted molar refractivity (Wildman–Crippen MR) is 70.7 cm³/mol. The van der Waals surface area contributed by atoms with Gasteiger partial charge in [-0.3, -0.25) is 4.79 Å². The van der Waals surface area contributed by atoms with Crippen molar-refractivity contribution in [2.24, 2.45) is 0 Å². The zero-order chi connectivity index (χ0) is 14.0. The average molecular weight is 285 g/mol. The number of hydrogen-bond donors (Lipinski definition) is 1. The Labute approximate surface area is 116 Å². The third-order valence-electron chi connectivity index (χ3n) is 2.73. The number of rotatable bonds is 6. The van der Waals surface area contributed by atoms with E-state index in [-0.39, 0.29) is 11.7 Å². The molecule has 1 aromatic rings. The van der Waals surface area contributed by atoms with Gasteiger partial charge in [0.1, 0.15) is 0 Å². The van der Waals surface area contributed by atoms with Gasteiger partial charge in [-0.25, -0.2) is 4.68 Å². The molecule has 0 aliphatic heterocycles. The highest BCUT2D eigenvalue weighted by atomic mass is 32.2. The maximum absolute atomic E-state index is 11.9.